The van der Waals surface area contributed by atoms with Gasteiger partial charge in [-0.1, -0.05) is 13.0 Å². The van der Waals surface area contributed by atoms with E-state index in [0.29, 0.717) is 5.56 Å². The van der Waals surface area contributed by atoms with Crippen LogP contribution < -0.4 is 4.90 Å². The molecule has 1 aromatic rings. The third kappa shape index (κ3) is 3.21. The van der Waals surface area contributed by atoms with E-state index in [1.807, 2.05) is 12.1 Å². The molecule has 0 bridgehead atoms. The number of aliphatic hydroxyl groups excluding tert-OH is 1. The number of hydrogen-bond donors (Lipinski definition) is 1. The first kappa shape index (κ1) is 13.5. The highest BCUT2D eigenvalue weighted by Gasteiger charge is 2.13. The lowest BCUT2D eigenvalue weighted by molar-refractivity contribution is 0.199. The second-order valence-electron chi connectivity index (χ2n) is 4.14. The highest BCUT2D eigenvalue weighted by Crippen LogP contribution is 2.27. The SMILES string of the molecule is CCCN(CC)c1cc(C#N)ccc1[C@H](C)O. The number of aliphatic hydroxyl groups is 1. The zero-order valence-electron chi connectivity index (χ0n) is 10.8. The molecule has 0 amide bonds. The summed E-state index contributed by atoms with van der Waals surface area (Å²) in [6.45, 7) is 7.78. The molecule has 1 aromatic carbocycles. The molecule has 0 heterocycles. The number of benzene rings is 1. The van der Waals surface area contributed by atoms with Gasteiger partial charge in [-0.3, -0.25) is 0 Å². The summed E-state index contributed by atoms with van der Waals surface area (Å²) in [5.74, 6) is 0. The van der Waals surface area contributed by atoms with Crippen molar-refractivity contribution in [2.45, 2.75) is 33.3 Å². The monoisotopic (exact) mass is 232 g/mol. The Morgan fingerprint density at radius 1 is 1.41 bits per heavy atom. The van der Waals surface area contributed by atoms with Crippen LogP contribution in [-0.2, 0) is 0 Å². The highest BCUT2D eigenvalue weighted by molar-refractivity contribution is 5.58. The largest absolute Gasteiger partial charge is 0.389 e. The van der Waals surface area contributed by atoms with Crippen molar-refractivity contribution >= 4 is 5.69 Å². The van der Waals surface area contributed by atoms with Crippen LogP contribution in [-0.4, -0.2) is 18.2 Å². The van der Waals surface area contributed by atoms with Gasteiger partial charge in [0.05, 0.1) is 17.7 Å². The van der Waals surface area contributed by atoms with Crippen molar-refractivity contribution in [3.8, 4) is 6.07 Å². The summed E-state index contributed by atoms with van der Waals surface area (Å²) in [4.78, 5) is 2.20. The molecular weight excluding hydrogens is 212 g/mol. The fourth-order valence-corrected chi connectivity index (χ4v) is 1.96. The van der Waals surface area contributed by atoms with Crippen LogP contribution in [0.2, 0.25) is 0 Å². The quantitative estimate of drug-likeness (QED) is 0.849. The van der Waals surface area contributed by atoms with Crippen LogP contribution in [0, 0.1) is 11.3 Å². The van der Waals surface area contributed by atoms with Crippen LogP contribution in [0.25, 0.3) is 0 Å². The molecule has 0 spiro atoms. The van der Waals surface area contributed by atoms with Crippen molar-refractivity contribution in [3.63, 3.8) is 0 Å². The molecule has 0 aliphatic carbocycles. The average molecular weight is 232 g/mol. The van der Waals surface area contributed by atoms with Gasteiger partial charge in [-0.25, -0.2) is 0 Å². The maximum atomic E-state index is 9.77. The van der Waals surface area contributed by atoms with Crippen LogP contribution in [0.1, 0.15) is 44.4 Å². The van der Waals surface area contributed by atoms with Gasteiger partial charge in [0.2, 0.25) is 0 Å². The number of hydrogen-bond acceptors (Lipinski definition) is 3. The Morgan fingerprint density at radius 2 is 2.12 bits per heavy atom. The molecule has 0 aliphatic rings. The standard InChI is InChI=1S/C14H20N2O/c1-4-8-16(5-2)14-9-12(10-15)6-7-13(14)11(3)17/h6-7,9,11,17H,4-5,8H2,1-3H3/t11-/m0/s1. The number of nitriles is 1. The molecule has 0 aliphatic heterocycles. The smallest absolute Gasteiger partial charge is 0.0992 e. The number of anilines is 1. The van der Waals surface area contributed by atoms with Crippen molar-refractivity contribution in [3.05, 3.63) is 29.3 Å². The van der Waals surface area contributed by atoms with E-state index in [1.165, 1.54) is 0 Å². The molecule has 0 fully saturated rings. The van der Waals surface area contributed by atoms with E-state index in [4.69, 9.17) is 5.26 Å². The number of rotatable bonds is 5. The van der Waals surface area contributed by atoms with Crippen molar-refractivity contribution in [2.24, 2.45) is 0 Å². The topological polar surface area (TPSA) is 47.3 Å². The summed E-state index contributed by atoms with van der Waals surface area (Å²) in [5, 5.41) is 18.7. The lowest BCUT2D eigenvalue weighted by atomic mass is 10.0. The molecule has 1 N–H and O–H groups in total. The zero-order valence-corrected chi connectivity index (χ0v) is 10.8. The second-order valence-corrected chi connectivity index (χ2v) is 4.14. The number of nitrogens with zero attached hydrogens (tertiary/aromatic N) is 2. The Labute approximate surface area is 103 Å². The van der Waals surface area contributed by atoms with Gasteiger partial charge >= 0.3 is 0 Å². The predicted molar refractivity (Wildman–Crippen MR) is 70.0 cm³/mol. The average Bonchev–Trinajstić information content (AvgIpc) is 2.35. The normalized spacial score (nSPS) is 11.9. The summed E-state index contributed by atoms with van der Waals surface area (Å²) in [6, 6.07) is 7.61. The first-order valence-electron chi connectivity index (χ1n) is 6.11. The van der Waals surface area contributed by atoms with Crippen LogP contribution in [0.15, 0.2) is 18.2 Å². The van der Waals surface area contributed by atoms with Gasteiger partial charge in [0, 0.05) is 24.3 Å². The van der Waals surface area contributed by atoms with E-state index in [-0.39, 0.29) is 0 Å². The summed E-state index contributed by atoms with van der Waals surface area (Å²) in [7, 11) is 0. The van der Waals surface area contributed by atoms with Crippen LogP contribution in [0.4, 0.5) is 5.69 Å². The molecule has 17 heavy (non-hydrogen) atoms. The van der Waals surface area contributed by atoms with Crippen molar-refractivity contribution in [2.75, 3.05) is 18.0 Å². The zero-order chi connectivity index (χ0) is 12.8. The lowest BCUT2D eigenvalue weighted by Crippen LogP contribution is -2.25. The maximum Gasteiger partial charge on any atom is 0.0992 e. The first-order valence-corrected chi connectivity index (χ1v) is 6.11. The Morgan fingerprint density at radius 3 is 2.59 bits per heavy atom. The van der Waals surface area contributed by atoms with Crippen molar-refractivity contribution in [1.82, 2.24) is 0 Å². The summed E-state index contributed by atoms with van der Waals surface area (Å²) >= 11 is 0. The molecule has 0 saturated carbocycles. The molecule has 1 rings (SSSR count). The Hall–Kier alpha value is -1.53. The molecule has 3 heteroatoms. The molecule has 0 aromatic heterocycles. The minimum Gasteiger partial charge on any atom is -0.389 e. The minimum absolute atomic E-state index is 0.511. The van der Waals surface area contributed by atoms with E-state index >= 15 is 0 Å². The maximum absolute atomic E-state index is 9.77. The Kier molecular flexibility index (Phi) is 4.99. The van der Waals surface area contributed by atoms with Gasteiger partial charge in [0.15, 0.2) is 0 Å². The molecule has 0 unspecified atom stereocenters. The molecule has 0 saturated heterocycles. The van der Waals surface area contributed by atoms with Gasteiger partial charge in [-0.05, 0) is 32.4 Å². The first-order chi connectivity index (χ1) is 8.13. The van der Waals surface area contributed by atoms with Gasteiger partial charge in [-0.15, -0.1) is 0 Å². The molecule has 0 radical (unpaired) electrons. The molecular formula is C14H20N2O. The van der Waals surface area contributed by atoms with E-state index in [9.17, 15) is 5.11 Å². The van der Waals surface area contributed by atoms with Gasteiger partial charge in [-0.2, -0.15) is 5.26 Å². The fourth-order valence-electron chi connectivity index (χ4n) is 1.96. The third-order valence-electron chi connectivity index (χ3n) is 2.83. The predicted octanol–water partition coefficient (Wildman–Crippen LogP) is 2.85. The van der Waals surface area contributed by atoms with E-state index in [2.05, 4.69) is 24.8 Å². The summed E-state index contributed by atoms with van der Waals surface area (Å²) in [5.41, 5.74) is 2.50. The Bertz CT molecular complexity index is 407. The van der Waals surface area contributed by atoms with E-state index in [0.717, 1.165) is 30.8 Å². The third-order valence-corrected chi connectivity index (χ3v) is 2.83. The van der Waals surface area contributed by atoms with Crippen LogP contribution >= 0.6 is 0 Å². The van der Waals surface area contributed by atoms with Crippen molar-refractivity contribution in [1.29, 1.82) is 5.26 Å². The second kappa shape index (κ2) is 6.27. The summed E-state index contributed by atoms with van der Waals surface area (Å²) in [6.07, 6.45) is 0.535. The molecule has 1 atom stereocenters. The van der Waals surface area contributed by atoms with Crippen LogP contribution in [0.5, 0.6) is 0 Å². The molecule has 3 nitrogen and oxygen atoms in total. The van der Waals surface area contributed by atoms with E-state index < -0.39 is 6.10 Å². The van der Waals surface area contributed by atoms with Gasteiger partial charge < -0.3 is 10.0 Å². The minimum atomic E-state index is -0.511. The van der Waals surface area contributed by atoms with Crippen molar-refractivity contribution < 1.29 is 5.11 Å². The highest BCUT2D eigenvalue weighted by atomic mass is 16.3. The van der Waals surface area contributed by atoms with Crippen LogP contribution in [0.3, 0.4) is 0 Å². The van der Waals surface area contributed by atoms with Gasteiger partial charge in [0.1, 0.15) is 0 Å². The fraction of sp³-hybridized carbons (Fsp3) is 0.500. The van der Waals surface area contributed by atoms with E-state index in [1.54, 1.807) is 13.0 Å². The lowest BCUT2D eigenvalue weighted by Gasteiger charge is -2.26. The Balaban J connectivity index is 3.20. The van der Waals surface area contributed by atoms with Gasteiger partial charge in [0.25, 0.3) is 0 Å². The summed E-state index contributed by atoms with van der Waals surface area (Å²) < 4.78 is 0. The molecule has 92 valence electrons.